The van der Waals surface area contributed by atoms with E-state index >= 15 is 0 Å². The minimum atomic E-state index is -0.917. The van der Waals surface area contributed by atoms with Crippen molar-refractivity contribution in [3.05, 3.63) is 60.2 Å². The van der Waals surface area contributed by atoms with Gasteiger partial charge in [-0.3, -0.25) is 14.4 Å². The largest absolute Gasteiger partial charge is 0.453 e. The molecule has 26 heavy (non-hydrogen) atoms. The summed E-state index contributed by atoms with van der Waals surface area (Å²) in [5.41, 5.74) is 5.99. The molecular formula is C19H20N2O4S. The fourth-order valence-corrected chi connectivity index (χ4v) is 2.89. The summed E-state index contributed by atoms with van der Waals surface area (Å²) in [6, 6.07) is 15.9. The standard InChI is InChI=1S/C19H20N2O4S/c1-13(19(24)21-15-9-7-14(8-10-15)18(20)23)25-17(22)11-12-26-16-5-3-2-4-6-16/h2-10,13H,11-12H2,1H3,(H2,20,23)(H,21,24)/t13-/m1/s1. The topological polar surface area (TPSA) is 98.5 Å². The van der Waals surface area contributed by atoms with Crippen LogP contribution in [0, 0.1) is 0 Å². The molecule has 0 radical (unpaired) electrons. The lowest BCUT2D eigenvalue weighted by molar-refractivity contribution is -0.152. The monoisotopic (exact) mass is 372 g/mol. The fraction of sp³-hybridized carbons (Fsp3) is 0.211. The zero-order chi connectivity index (χ0) is 18.9. The van der Waals surface area contributed by atoms with Crippen molar-refractivity contribution in [2.45, 2.75) is 24.3 Å². The summed E-state index contributed by atoms with van der Waals surface area (Å²) in [6.45, 7) is 1.51. The van der Waals surface area contributed by atoms with Crippen molar-refractivity contribution in [2.24, 2.45) is 5.73 Å². The number of amides is 2. The number of hydrogen-bond acceptors (Lipinski definition) is 5. The van der Waals surface area contributed by atoms with Crippen LogP contribution in [0.4, 0.5) is 5.69 Å². The first-order chi connectivity index (χ1) is 12.5. The van der Waals surface area contributed by atoms with Crippen LogP contribution in [-0.4, -0.2) is 29.6 Å². The SMILES string of the molecule is C[C@@H](OC(=O)CCSc1ccccc1)C(=O)Nc1ccc(C(N)=O)cc1. The highest BCUT2D eigenvalue weighted by Crippen LogP contribution is 2.18. The first-order valence-electron chi connectivity index (χ1n) is 8.04. The molecule has 0 bridgehead atoms. The molecule has 0 heterocycles. The molecule has 3 N–H and O–H groups in total. The van der Waals surface area contributed by atoms with E-state index in [-0.39, 0.29) is 6.42 Å². The summed E-state index contributed by atoms with van der Waals surface area (Å²) in [7, 11) is 0. The zero-order valence-corrected chi connectivity index (χ0v) is 15.1. The summed E-state index contributed by atoms with van der Waals surface area (Å²) in [6.07, 6.45) is -0.704. The molecule has 0 fully saturated rings. The fourth-order valence-electron chi connectivity index (χ4n) is 2.04. The number of thioether (sulfide) groups is 1. The lowest BCUT2D eigenvalue weighted by Gasteiger charge is -2.13. The highest BCUT2D eigenvalue weighted by molar-refractivity contribution is 7.99. The van der Waals surface area contributed by atoms with Crippen molar-refractivity contribution >= 4 is 35.2 Å². The molecule has 0 aliphatic carbocycles. The average molecular weight is 372 g/mol. The predicted octanol–water partition coefficient (Wildman–Crippen LogP) is 2.84. The molecule has 0 spiro atoms. The van der Waals surface area contributed by atoms with Crippen LogP contribution in [0.25, 0.3) is 0 Å². The van der Waals surface area contributed by atoms with E-state index in [4.69, 9.17) is 10.5 Å². The first-order valence-corrected chi connectivity index (χ1v) is 9.02. The third-order valence-corrected chi connectivity index (χ3v) is 4.45. The van der Waals surface area contributed by atoms with Gasteiger partial charge in [-0.15, -0.1) is 11.8 Å². The molecule has 0 unspecified atom stereocenters. The molecule has 0 saturated carbocycles. The second kappa shape index (κ2) is 9.62. The van der Waals surface area contributed by atoms with Crippen LogP contribution < -0.4 is 11.1 Å². The van der Waals surface area contributed by atoms with Gasteiger partial charge in [-0.25, -0.2) is 0 Å². The average Bonchev–Trinajstić information content (AvgIpc) is 2.63. The van der Waals surface area contributed by atoms with Crippen LogP contribution in [0.2, 0.25) is 0 Å². The summed E-state index contributed by atoms with van der Waals surface area (Å²) in [4.78, 5) is 36.0. The van der Waals surface area contributed by atoms with E-state index in [0.717, 1.165) is 4.90 Å². The Labute approximate surface area is 156 Å². The first kappa shape index (κ1) is 19.5. The third kappa shape index (κ3) is 6.25. The Morgan fingerprint density at radius 2 is 1.73 bits per heavy atom. The molecule has 0 saturated heterocycles. The van der Waals surface area contributed by atoms with Gasteiger partial charge in [0.25, 0.3) is 5.91 Å². The van der Waals surface area contributed by atoms with Crippen LogP contribution in [0.15, 0.2) is 59.5 Å². The number of primary amides is 1. The molecule has 2 aromatic carbocycles. The van der Waals surface area contributed by atoms with Crippen molar-refractivity contribution in [1.82, 2.24) is 0 Å². The molecule has 2 amide bonds. The second-order valence-electron chi connectivity index (χ2n) is 5.47. The number of benzene rings is 2. The van der Waals surface area contributed by atoms with E-state index in [9.17, 15) is 14.4 Å². The molecule has 0 aliphatic rings. The third-order valence-electron chi connectivity index (χ3n) is 3.43. The van der Waals surface area contributed by atoms with Crippen molar-refractivity contribution < 1.29 is 19.1 Å². The van der Waals surface area contributed by atoms with Gasteiger partial charge >= 0.3 is 5.97 Å². The van der Waals surface area contributed by atoms with Crippen molar-refractivity contribution in [2.75, 3.05) is 11.1 Å². The van der Waals surface area contributed by atoms with Gasteiger partial charge in [0, 0.05) is 21.9 Å². The lowest BCUT2D eigenvalue weighted by atomic mass is 10.2. The van der Waals surface area contributed by atoms with Crippen LogP contribution >= 0.6 is 11.8 Å². The van der Waals surface area contributed by atoms with E-state index in [0.29, 0.717) is 17.0 Å². The normalized spacial score (nSPS) is 11.4. The number of anilines is 1. The van der Waals surface area contributed by atoms with E-state index in [1.165, 1.54) is 19.1 Å². The number of ether oxygens (including phenoxy) is 1. The van der Waals surface area contributed by atoms with E-state index in [1.54, 1.807) is 23.9 Å². The van der Waals surface area contributed by atoms with Gasteiger partial charge in [-0.1, -0.05) is 18.2 Å². The summed E-state index contributed by atoms with van der Waals surface area (Å²) in [5, 5.41) is 2.62. The molecule has 0 aliphatic heterocycles. The Balaban J connectivity index is 1.75. The number of nitrogens with two attached hydrogens (primary N) is 1. The van der Waals surface area contributed by atoms with Crippen molar-refractivity contribution in [3.8, 4) is 0 Å². The van der Waals surface area contributed by atoms with E-state index < -0.39 is 23.9 Å². The number of nitrogens with one attached hydrogen (secondary N) is 1. The smallest absolute Gasteiger partial charge is 0.307 e. The predicted molar refractivity (Wildman–Crippen MR) is 101 cm³/mol. The van der Waals surface area contributed by atoms with E-state index in [2.05, 4.69) is 5.32 Å². The maximum absolute atomic E-state index is 12.1. The number of rotatable bonds is 8. The van der Waals surface area contributed by atoms with Crippen LogP contribution in [-0.2, 0) is 14.3 Å². The van der Waals surface area contributed by atoms with Gasteiger partial charge in [0.2, 0.25) is 5.91 Å². The van der Waals surface area contributed by atoms with Gasteiger partial charge in [0.15, 0.2) is 6.10 Å². The second-order valence-corrected chi connectivity index (χ2v) is 6.64. The van der Waals surface area contributed by atoms with E-state index in [1.807, 2.05) is 30.3 Å². The Morgan fingerprint density at radius 3 is 2.35 bits per heavy atom. The molecule has 0 aromatic heterocycles. The Kier molecular flexibility index (Phi) is 7.23. The van der Waals surface area contributed by atoms with Gasteiger partial charge in [0.1, 0.15) is 0 Å². The Morgan fingerprint density at radius 1 is 1.08 bits per heavy atom. The molecular weight excluding hydrogens is 352 g/mol. The van der Waals surface area contributed by atoms with Gasteiger partial charge in [-0.2, -0.15) is 0 Å². The Bertz CT molecular complexity index is 763. The summed E-state index contributed by atoms with van der Waals surface area (Å²) >= 11 is 1.55. The molecule has 7 heteroatoms. The molecule has 136 valence electrons. The van der Waals surface area contributed by atoms with Crippen molar-refractivity contribution in [1.29, 1.82) is 0 Å². The number of hydrogen-bond donors (Lipinski definition) is 2. The molecule has 1 atom stereocenters. The summed E-state index contributed by atoms with van der Waals surface area (Å²) < 4.78 is 5.15. The quantitative estimate of drug-likeness (QED) is 0.548. The highest BCUT2D eigenvalue weighted by atomic mass is 32.2. The van der Waals surface area contributed by atoms with Crippen molar-refractivity contribution in [3.63, 3.8) is 0 Å². The summed E-state index contributed by atoms with van der Waals surface area (Å²) in [5.74, 6) is -0.842. The van der Waals surface area contributed by atoms with Crippen LogP contribution in [0.5, 0.6) is 0 Å². The minimum absolute atomic E-state index is 0.213. The van der Waals surface area contributed by atoms with Crippen LogP contribution in [0.1, 0.15) is 23.7 Å². The number of carbonyl (C=O) groups is 3. The lowest BCUT2D eigenvalue weighted by Crippen LogP contribution is -2.30. The number of carbonyl (C=O) groups excluding carboxylic acids is 3. The Hall–Kier alpha value is -2.80. The molecule has 2 rings (SSSR count). The van der Waals surface area contributed by atoms with Gasteiger partial charge < -0.3 is 15.8 Å². The maximum Gasteiger partial charge on any atom is 0.307 e. The van der Waals surface area contributed by atoms with Gasteiger partial charge in [-0.05, 0) is 43.3 Å². The zero-order valence-electron chi connectivity index (χ0n) is 14.3. The number of esters is 1. The maximum atomic E-state index is 12.1. The van der Waals surface area contributed by atoms with Gasteiger partial charge in [0.05, 0.1) is 6.42 Å². The minimum Gasteiger partial charge on any atom is -0.453 e. The molecule has 2 aromatic rings. The van der Waals surface area contributed by atoms with Crippen LogP contribution in [0.3, 0.4) is 0 Å². The molecule has 6 nitrogen and oxygen atoms in total. The highest BCUT2D eigenvalue weighted by Gasteiger charge is 2.18.